The number of hydrogen-bond donors (Lipinski definition) is 1. The standard InChI is InChI=1S/C17H25NO/c1-6-12(2)13-7-8-16-14(9-13)10-15(19-16)11-18-17(3,4)5/h7-10,12,18H,6,11H2,1-5H3. The fraction of sp³-hybridized carbons (Fsp3) is 0.529. The number of benzene rings is 1. The van der Waals surface area contributed by atoms with Crippen LogP contribution in [-0.2, 0) is 6.54 Å². The van der Waals surface area contributed by atoms with Crippen LogP contribution >= 0.6 is 0 Å². The summed E-state index contributed by atoms with van der Waals surface area (Å²) in [5.74, 6) is 1.61. The molecule has 19 heavy (non-hydrogen) atoms. The van der Waals surface area contributed by atoms with E-state index in [-0.39, 0.29) is 5.54 Å². The third-order valence-electron chi connectivity index (χ3n) is 3.57. The van der Waals surface area contributed by atoms with Gasteiger partial charge >= 0.3 is 0 Å². The summed E-state index contributed by atoms with van der Waals surface area (Å²) in [7, 11) is 0. The van der Waals surface area contributed by atoms with E-state index < -0.39 is 0 Å². The Morgan fingerprint density at radius 2 is 1.95 bits per heavy atom. The first-order valence-electron chi connectivity index (χ1n) is 7.16. The average molecular weight is 259 g/mol. The van der Waals surface area contributed by atoms with Crippen molar-refractivity contribution in [1.29, 1.82) is 0 Å². The van der Waals surface area contributed by atoms with Crippen LogP contribution in [0.3, 0.4) is 0 Å². The van der Waals surface area contributed by atoms with E-state index in [0.29, 0.717) is 5.92 Å². The highest BCUT2D eigenvalue weighted by Crippen LogP contribution is 2.26. The van der Waals surface area contributed by atoms with Gasteiger partial charge < -0.3 is 9.73 Å². The van der Waals surface area contributed by atoms with E-state index in [1.807, 2.05) is 0 Å². The zero-order chi connectivity index (χ0) is 14.0. The maximum atomic E-state index is 5.87. The van der Waals surface area contributed by atoms with Crippen molar-refractivity contribution in [2.75, 3.05) is 0 Å². The first-order valence-corrected chi connectivity index (χ1v) is 7.16. The minimum Gasteiger partial charge on any atom is -0.460 e. The van der Waals surface area contributed by atoms with Gasteiger partial charge in [0.05, 0.1) is 6.54 Å². The lowest BCUT2D eigenvalue weighted by molar-refractivity contribution is 0.395. The predicted octanol–water partition coefficient (Wildman–Crippen LogP) is 4.83. The molecule has 2 rings (SSSR count). The predicted molar refractivity (Wildman–Crippen MR) is 81.5 cm³/mol. The summed E-state index contributed by atoms with van der Waals surface area (Å²) >= 11 is 0. The molecule has 0 aliphatic rings. The van der Waals surface area contributed by atoms with Gasteiger partial charge in [0.15, 0.2) is 0 Å². The molecule has 0 bridgehead atoms. The molecular formula is C17H25NO. The molecule has 0 fully saturated rings. The zero-order valence-corrected chi connectivity index (χ0v) is 12.7. The van der Waals surface area contributed by atoms with Gasteiger partial charge in [0.2, 0.25) is 0 Å². The van der Waals surface area contributed by atoms with Crippen LogP contribution < -0.4 is 5.32 Å². The molecule has 1 heterocycles. The fourth-order valence-corrected chi connectivity index (χ4v) is 2.10. The Balaban J connectivity index is 2.21. The van der Waals surface area contributed by atoms with Gasteiger partial charge in [-0.1, -0.05) is 19.9 Å². The number of hydrogen-bond acceptors (Lipinski definition) is 2. The molecule has 0 saturated carbocycles. The summed E-state index contributed by atoms with van der Waals surface area (Å²) in [6, 6.07) is 8.69. The smallest absolute Gasteiger partial charge is 0.134 e. The minimum absolute atomic E-state index is 0.112. The Hall–Kier alpha value is -1.28. The average Bonchev–Trinajstić information content (AvgIpc) is 2.76. The zero-order valence-electron chi connectivity index (χ0n) is 12.7. The molecule has 2 aromatic rings. The molecular weight excluding hydrogens is 234 g/mol. The Kier molecular flexibility index (Phi) is 4.00. The van der Waals surface area contributed by atoms with Crippen LogP contribution in [0.2, 0.25) is 0 Å². The maximum Gasteiger partial charge on any atom is 0.134 e. The van der Waals surface area contributed by atoms with Crippen molar-refractivity contribution in [3.63, 3.8) is 0 Å². The van der Waals surface area contributed by atoms with E-state index in [4.69, 9.17) is 4.42 Å². The second kappa shape index (κ2) is 5.38. The highest BCUT2D eigenvalue weighted by molar-refractivity contribution is 5.78. The summed E-state index contributed by atoms with van der Waals surface area (Å²) in [5, 5.41) is 4.67. The fourth-order valence-electron chi connectivity index (χ4n) is 2.10. The van der Waals surface area contributed by atoms with Crippen molar-refractivity contribution in [2.45, 2.75) is 59.0 Å². The highest BCUT2D eigenvalue weighted by Gasteiger charge is 2.11. The summed E-state index contributed by atoms with van der Waals surface area (Å²) in [5.41, 5.74) is 2.49. The van der Waals surface area contributed by atoms with Crippen molar-refractivity contribution >= 4 is 11.0 Å². The summed E-state index contributed by atoms with van der Waals surface area (Å²) < 4.78 is 5.87. The molecule has 1 atom stereocenters. The van der Waals surface area contributed by atoms with Gasteiger partial charge in [0.1, 0.15) is 11.3 Å². The number of furan rings is 1. The number of rotatable bonds is 4. The third-order valence-corrected chi connectivity index (χ3v) is 3.57. The molecule has 0 aliphatic heterocycles. The first kappa shape index (κ1) is 14.1. The lowest BCUT2D eigenvalue weighted by atomic mass is 9.98. The monoisotopic (exact) mass is 259 g/mol. The van der Waals surface area contributed by atoms with E-state index >= 15 is 0 Å². The maximum absolute atomic E-state index is 5.87. The van der Waals surface area contributed by atoms with E-state index in [1.165, 1.54) is 17.4 Å². The van der Waals surface area contributed by atoms with Gasteiger partial charge in [-0.05, 0) is 56.9 Å². The minimum atomic E-state index is 0.112. The largest absolute Gasteiger partial charge is 0.460 e. The van der Waals surface area contributed by atoms with Crippen molar-refractivity contribution < 1.29 is 4.42 Å². The first-order chi connectivity index (χ1) is 8.89. The van der Waals surface area contributed by atoms with Crippen molar-refractivity contribution in [2.24, 2.45) is 0 Å². The van der Waals surface area contributed by atoms with Crippen LogP contribution in [0.1, 0.15) is 58.3 Å². The molecule has 0 amide bonds. The Labute approximate surface area is 116 Å². The summed E-state index contributed by atoms with van der Waals surface area (Å²) in [6.07, 6.45) is 1.17. The molecule has 1 aromatic heterocycles. The number of fused-ring (bicyclic) bond motifs is 1. The Morgan fingerprint density at radius 1 is 1.21 bits per heavy atom. The SMILES string of the molecule is CCC(C)c1ccc2oc(CNC(C)(C)C)cc2c1. The van der Waals surface area contributed by atoms with Crippen LogP contribution in [0.25, 0.3) is 11.0 Å². The molecule has 1 N–H and O–H groups in total. The number of nitrogens with one attached hydrogen (secondary N) is 1. The molecule has 0 aliphatic carbocycles. The molecule has 0 spiro atoms. The van der Waals surface area contributed by atoms with Crippen LogP contribution in [-0.4, -0.2) is 5.54 Å². The molecule has 0 saturated heterocycles. The van der Waals surface area contributed by atoms with E-state index in [2.05, 4.69) is 64.2 Å². The van der Waals surface area contributed by atoms with Gasteiger partial charge in [-0.3, -0.25) is 0 Å². The second-order valence-electron chi connectivity index (χ2n) is 6.42. The van der Waals surface area contributed by atoms with Crippen LogP contribution in [0, 0.1) is 0 Å². The lowest BCUT2D eigenvalue weighted by Gasteiger charge is -2.19. The van der Waals surface area contributed by atoms with E-state index in [1.54, 1.807) is 0 Å². The molecule has 104 valence electrons. The normalized spacial score (nSPS) is 13.9. The quantitative estimate of drug-likeness (QED) is 0.850. The second-order valence-corrected chi connectivity index (χ2v) is 6.42. The molecule has 1 unspecified atom stereocenters. The Bertz CT molecular complexity index is 548. The highest BCUT2D eigenvalue weighted by atomic mass is 16.3. The topological polar surface area (TPSA) is 25.2 Å². The van der Waals surface area contributed by atoms with E-state index in [0.717, 1.165) is 17.9 Å². The van der Waals surface area contributed by atoms with Crippen molar-refractivity contribution in [3.8, 4) is 0 Å². The van der Waals surface area contributed by atoms with Crippen LogP contribution in [0.4, 0.5) is 0 Å². The van der Waals surface area contributed by atoms with Crippen LogP contribution in [0.5, 0.6) is 0 Å². The summed E-state index contributed by atoms with van der Waals surface area (Å²) in [4.78, 5) is 0. The summed E-state index contributed by atoms with van der Waals surface area (Å²) in [6.45, 7) is 11.8. The van der Waals surface area contributed by atoms with Gasteiger partial charge in [-0.2, -0.15) is 0 Å². The third kappa shape index (κ3) is 3.60. The molecule has 0 radical (unpaired) electrons. The van der Waals surface area contributed by atoms with Crippen molar-refractivity contribution in [1.82, 2.24) is 5.32 Å². The van der Waals surface area contributed by atoms with Gasteiger partial charge in [0, 0.05) is 10.9 Å². The lowest BCUT2D eigenvalue weighted by Crippen LogP contribution is -2.34. The van der Waals surface area contributed by atoms with Crippen molar-refractivity contribution in [3.05, 3.63) is 35.6 Å². The molecule has 1 aromatic carbocycles. The van der Waals surface area contributed by atoms with Gasteiger partial charge in [-0.15, -0.1) is 0 Å². The van der Waals surface area contributed by atoms with Crippen LogP contribution in [0.15, 0.2) is 28.7 Å². The van der Waals surface area contributed by atoms with Gasteiger partial charge in [-0.25, -0.2) is 0 Å². The van der Waals surface area contributed by atoms with E-state index in [9.17, 15) is 0 Å². The molecule has 2 heteroatoms. The van der Waals surface area contributed by atoms with Gasteiger partial charge in [0.25, 0.3) is 0 Å². The Morgan fingerprint density at radius 3 is 2.58 bits per heavy atom. The molecule has 2 nitrogen and oxygen atoms in total.